The van der Waals surface area contributed by atoms with Gasteiger partial charge in [0, 0.05) is 36.4 Å². The summed E-state index contributed by atoms with van der Waals surface area (Å²) in [4.78, 5) is 24.5. The molecule has 4 aromatic rings. The zero-order valence-electron chi connectivity index (χ0n) is 16.0. The molecule has 4 rings (SSSR count). The molecule has 0 bridgehead atoms. The molecule has 0 aliphatic rings. The molecule has 1 amide bonds. The molecule has 0 fully saturated rings. The summed E-state index contributed by atoms with van der Waals surface area (Å²) in [6, 6.07) is 11.4. The van der Waals surface area contributed by atoms with Crippen LogP contribution in [0.3, 0.4) is 0 Å². The van der Waals surface area contributed by atoms with Crippen LogP contribution in [0.15, 0.2) is 48.8 Å². The van der Waals surface area contributed by atoms with Crippen molar-refractivity contribution < 1.29 is 9.53 Å². The van der Waals surface area contributed by atoms with E-state index in [0.717, 1.165) is 33.7 Å². The summed E-state index contributed by atoms with van der Waals surface area (Å²) in [5.74, 6) is 0.940. The Morgan fingerprint density at radius 3 is 2.86 bits per heavy atom. The number of anilines is 1. The third-order valence-corrected chi connectivity index (χ3v) is 4.80. The first-order chi connectivity index (χ1) is 13.5. The minimum Gasteiger partial charge on any atom is -0.497 e. The van der Waals surface area contributed by atoms with Gasteiger partial charge in [0.25, 0.3) is 5.91 Å². The number of carbonyl (C=O) groups is 1. The maximum atomic E-state index is 12.8. The van der Waals surface area contributed by atoms with Gasteiger partial charge < -0.3 is 14.3 Å². The van der Waals surface area contributed by atoms with E-state index >= 15 is 0 Å². The number of fused-ring (bicyclic) bond motifs is 1. The molecule has 0 unspecified atom stereocenters. The Morgan fingerprint density at radius 2 is 2.11 bits per heavy atom. The van der Waals surface area contributed by atoms with E-state index in [1.807, 2.05) is 56.4 Å². The number of H-pyrrole nitrogens is 1. The Kier molecular flexibility index (Phi) is 4.57. The van der Waals surface area contributed by atoms with Crippen molar-refractivity contribution in [2.75, 3.05) is 12.4 Å². The van der Waals surface area contributed by atoms with Gasteiger partial charge in [-0.05, 0) is 43.7 Å². The van der Waals surface area contributed by atoms with Crippen LogP contribution in [0, 0.1) is 13.8 Å². The van der Waals surface area contributed by atoms with Crippen LogP contribution in [0.1, 0.15) is 27.3 Å². The molecule has 7 nitrogen and oxygen atoms in total. The number of carbonyl (C=O) groups excluding carboxylic acids is 1. The van der Waals surface area contributed by atoms with Gasteiger partial charge in [-0.1, -0.05) is 6.07 Å². The lowest BCUT2D eigenvalue weighted by atomic mass is 10.2. The van der Waals surface area contributed by atoms with E-state index in [4.69, 9.17) is 4.74 Å². The summed E-state index contributed by atoms with van der Waals surface area (Å²) >= 11 is 0. The minimum atomic E-state index is -0.198. The van der Waals surface area contributed by atoms with Crippen LogP contribution < -0.4 is 10.1 Å². The highest BCUT2D eigenvalue weighted by Gasteiger charge is 2.17. The highest BCUT2D eigenvalue weighted by atomic mass is 16.5. The second kappa shape index (κ2) is 7.19. The number of aromatic nitrogens is 4. The van der Waals surface area contributed by atoms with E-state index in [0.29, 0.717) is 18.1 Å². The lowest BCUT2D eigenvalue weighted by Gasteiger charge is -2.09. The van der Waals surface area contributed by atoms with E-state index in [9.17, 15) is 4.79 Å². The summed E-state index contributed by atoms with van der Waals surface area (Å²) in [6.07, 6.45) is 3.59. The average Bonchev–Trinajstić information content (AvgIpc) is 3.23. The average molecular weight is 375 g/mol. The number of nitrogens with one attached hydrogen (secondary N) is 2. The quantitative estimate of drug-likeness (QED) is 0.557. The number of hydrogen-bond acceptors (Lipinski definition) is 4. The number of hydrogen-bond donors (Lipinski definition) is 2. The van der Waals surface area contributed by atoms with Gasteiger partial charge in [-0.3, -0.25) is 15.1 Å². The third-order valence-electron chi connectivity index (χ3n) is 4.80. The largest absolute Gasteiger partial charge is 0.497 e. The number of amides is 1. The van der Waals surface area contributed by atoms with E-state index in [-0.39, 0.29) is 5.91 Å². The highest BCUT2D eigenvalue weighted by molar-refractivity contribution is 6.05. The SMILES string of the molecule is COc1ccc2nc(NC(=O)c3cc(C)n(Cc4cccnc4)c3C)[nH]c2c1. The summed E-state index contributed by atoms with van der Waals surface area (Å²) in [5.41, 5.74) is 5.19. The van der Waals surface area contributed by atoms with Crippen molar-refractivity contribution in [2.45, 2.75) is 20.4 Å². The molecule has 1 aromatic carbocycles. The lowest BCUT2D eigenvalue weighted by molar-refractivity contribution is 0.102. The summed E-state index contributed by atoms with van der Waals surface area (Å²) in [6.45, 7) is 4.61. The molecule has 0 aliphatic heterocycles. The fraction of sp³-hybridized carbons (Fsp3) is 0.190. The normalized spacial score (nSPS) is 11.0. The maximum Gasteiger partial charge on any atom is 0.259 e. The maximum absolute atomic E-state index is 12.8. The third kappa shape index (κ3) is 3.34. The first kappa shape index (κ1) is 17.8. The van der Waals surface area contributed by atoms with Crippen LogP contribution in [-0.4, -0.2) is 32.5 Å². The van der Waals surface area contributed by atoms with Crippen molar-refractivity contribution >= 4 is 22.9 Å². The van der Waals surface area contributed by atoms with Gasteiger partial charge >= 0.3 is 0 Å². The van der Waals surface area contributed by atoms with E-state index < -0.39 is 0 Å². The van der Waals surface area contributed by atoms with Crippen LogP contribution in [-0.2, 0) is 6.54 Å². The molecule has 28 heavy (non-hydrogen) atoms. The predicted molar refractivity (Wildman–Crippen MR) is 108 cm³/mol. The van der Waals surface area contributed by atoms with Crippen LogP contribution in [0.5, 0.6) is 5.75 Å². The molecule has 0 radical (unpaired) electrons. The molecule has 0 aliphatic carbocycles. The Bertz CT molecular complexity index is 1140. The smallest absolute Gasteiger partial charge is 0.259 e. The highest BCUT2D eigenvalue weighted by Crippen LogP contribution is 2.22. The van der Waals surface area contributed by atoms with Crippen LogP contribution in [0.4, 0.5) is 5.95 Å². The van der Waals surface area contributed by atoms with Gasteiger partial charge in [0.15, 0.2) is 0 Å². The standard InChI is InChI=1S/C21H21N5O2/c1-13-9-17(14(2)26(13)12-15-5-4-8-22-11-15)20(27)25-21-23-18-7-6-16(28-3)10-19(18)24-21/h4-11H,12H2,1-3H3,(H2,23,24,25,27). The van der Waals surface area contributed by atoms with Gasteiger partial charge in [-0.15, -0.1) is 0 Å². The van der Waals surface area contributed by atoms with Gasteiger partial charge in [-0.2, -0.15) is 0 Å². The molecule has 3 aromatic heterocycles. The van der Waals surface area contributed by atoms with Crippen molar-refractivity contribution in [1.29, 1.82) is 0 Å². The van der Waals surface area contributed by atoms with Crippen molar-refractivity contribution in [3.63, 3.8) is 0 Å². The second-order valence-electron chi connectivity index (χ2n) is 6.65. The Morgan fingerprint density at radius 1 is 1.25 bits per heavy atom. The molecule has 0 saturated carbocycles. The first-order valence-electron chi connectivity index (χ1n) is 8.96. The van der Waals surface area contributed by atoms with Crippen LogP contribution in [0.2, 0.25) is 0 Å². The number of imidazole rings is 1. The van der Waals surface area contributed by atoms with Crippen LogP contribution in [0.25, 0.3) is 11.0 Å². The number of pyridine rings is 1. The van der Waals surface area contributed by atoms with Crippen molar-refractivity contribution in [1.82, 2.24) is 19.5 Å². The molecular weight excluding hydrogens is 354 g/mol. The Balaban J connectivity index is 1.57. The number of nitrogens with zero attached hydrogens (tertiary/aromatic N) is 3. The summed E-state index contributed by atoms with van der Waals surface area (Å²) < 4.78 is 7.33. The topological polar surface area (TPSA) is 84.8 Å². The van der Waals surface area contributed by atoms with E-state index in [1.165, 1.54) is 0 Å². The summed E-state index contributed by atoms with van der Waals surface area (Å²) in [5, 5.41) is 2.86. The van der Waals surface area contributed by atoms with Crippen LogP contribution >= 0.6 is 0 Å². The number of benzene rings is 1. The van der Waals surface area contributed by atoms with E-state index in [2.05, 4.69) is 24.8 Å². The number of aryl methyl sites for hydroxylation is 1. The van der Waals surface area contributed by atoms with Crippen molar-refractivity contribution in [3.05, 3.63) is 71.3 Å². The molecular formula is C21H21N5O2. The molecule has 3 heterocycles. The number of rotatable bonds is 5. The molecule has 2 N–H and O–H groups in total. The zero-order chi connectivity index (χ0) is 19.7. The minimum absolute atomic E-state index is 0.198. The Hall–Kier alpha value is -3.61. The van der Waals surface area contributed by atoms with E-state index in [1.54, 1.807) is 13.3 Å². The zero-order valence-corrected chi connectivity index (χ0v) is 16.0. The summed E-state index contributed by atoms with van der Waals surface area (Å²) in [7, 11) is 1.61. The fourth-order valence-electron chi connectivity index (χ4n) is 3.30. The van der Waals surface area contributed by atoms with Crippen molar-refractivity contribution in [2.24, 2.45) is 0 Å². The molecule has 0 spiro atoms. The molecule has 0 atom stereocenters. The lowest BCUT2D eigenvalue weighted by Crippen LogP contribution is -2.14. The van der Waals surface area contributed by atoms with Gasteiger partial charge in [0.2, 0.25) is 5.95 Å². The molecule has 7 heteroatoms. The molecule has 142 valence electrons. The monoisotopic (exact) mass is 375 g/mol. The predicted octanol–water partition coefficient (Wildman–Crippen LogP) is 3.69. The van der Waals surface area contributed by atoms with Gasteiger partial charge in [0.1, 0.15) is 5.75 Å². The van der Waals surface area contributed by atoms with Gasteiger partial charge in [-0.25, -0.2) is 4.98 Å². The number of aromatic amines is 1. The fourth-order valence-corrected chi connectivity index (χ4v) is 3.30. The number of methoxy groups -OCH3 is 1. The first-order valence-corrected chi connectivity index (χ1v) is 8.96. The Labute approximate surface area is 162 Å². The van der Waals surface area contributed by atoms with Gasteiger partial charge in [0.05, 0.1) is 23.7 Å². The van der Waals surface area contributed by atoms with Crippen molar-refractivity contribution in [3.8, 4) is 5.75 Å². The molecule has 0 saturated heterocycles. The second-order valence-corrected chi connectivity index (χ2v) is 6.65. The number of ether oxygens (including phenoxy) is 1.